The Morgan fingerprint density at radius 2 is 1.83 bits per heavy atom. The van der Waals surface area contributed by atoms with E-state index in [0.717, 1.165) is 0 Å². The number of piperazine rings is 1. The molecule has 0 radical (unpaired) electrons. The van der Waals surface area contributed by atoms with Gasteiger partial charge in [0.25, 0.3) is 6.43 Å². The van der Waals surface area contributed by atoms with Gasteiger partial charge in [0, 0.05) is 36.2 Å². The molecule has 1 heterocycles. The average molecular weight is 295 g/mol. The second-order valence-electron chi connectivity index (χ2n) is 4.23. The minimum absolute atomic E-state index is 0.298. The van der Waals surface area contributed by atoms with Crippen molar-refractivity contribution >= 4 is 23.2 Å². The summed E-state index contributed by atoms with van der Waals surface area (Å²) in [7, 11) is 0. The van der Waals surface area contributed by atoms with Crippen LogP contribution in [0.5, 0.6) is 0 Å². The highest BCUT2D eigenvalue weighted by molar-refractivity contribution is 6.35. The van der Waals surface area contributed by atoms with E-state index in [1.54, 1.807) is 17.0 Å². The molecule has 0 saturated carbocycles. The Kier molecular flexibility index (Phi) is 4.78. The molecule has 1 saturated heterocycles. The predicted octanol–water partition coefficient (Wildman–Crippen LogP) is 3.20. The summed E-state index contributed by atoms with van der Waals surface area (Å²) >= 11 is 11.8. The standard InChI is InChI=1S/C12H14Cl2F2N2/c13-8-1-2-9(10(14)7-8)11(12(15)16)18-5-3-17-4-6-18/h1-2,7,11-12,17H,3-6H2/t11-/m0/s1. The predicted molar refractivity (Wildman–Crippen MR) is 69.6 cm³/mol. The van der Waals surface area contributed by atoms with Gasteiger partial charge in [0.15, 0.2) is 0 Å². The molecule has 1 aliphatic heterocycles. The van der Waals surface area contributed by atoms with Gasteiger partial charge in [0.05, 0.1) is 6.04 Å². The molecular formula is C12H14Cl2F2N2. The molecule has 0 bridgehead atoms. The second kappa shape index (κ2) is 6.15. The van der Waals surface area contributed by atoms with Gasteiger partial charge < -0.3 is 5.32 Å². The lowest BCUT2D eigenvalue weighted by Gasteiger charge is -2.35. The van der Waals surface area contributed by atoms with Gasteiger partial charge in [-0.25, -0.2) is 8.78 Å². The lowest BCUT2D eigenvalue weighted by molar-refractivity contribution is 0.0182. The summed E-state index contributed by atoms with van der Waals surface area (Å²) in [5.74, 6) is 0. The van der Waals surface area contributed by atoms with Gasteiger partial charge in [-0.2, -0.15) is 0 Å². The van der Waals surface area contributed by atoms with Crippen LogP contribution >= 0.6 is 23.2 Å². The summed E-state index contributed by atoms with van der Waals surface area (Å²) in [6.45, 7) is 2.62. The number of nitrogens with one attached hydrogen (secondary N) is 1. The zero-order valence-corrected chi connectivity index (χ0v) is 11.2. The molecule has 1 atom stereocenters. The summed E-state index contributed by atoms with van der Waals surface area (Å²) < 4.78 is 26.6. The van der Waals surface area contributed by atoms with Crippen LogP contribution in [0.3, 0.4) is 0 Å². The highest BCUT2D eigenvalue weighted by Gasteiger charge is 2.31. The van der Waals surface area contributed by atoms with Crippen molar-refractivity contribution in [2.24, 2.45) is 0 Å². The van der Waals surface area contributed by atoms with E-state index in [-0.39, 0.29) is 0 Å². The Bertz CT molecular complexity index is 409. The van der Waals surface area contributed by atoms with E-state index in [0.29, 0.717) is 41.8 Å². The van der Waals surface area contributed by atoms with Crippen LogP contribution in [0.4, 0.5) is 8.78 Å². The Morgan fingerprint density at radius 3 is 2.39 bits per heavy atom. The molecule has 0 aliphatic carbocycles. The summed E-state index contributed by atoms with van der Waals surface area (Å²) in [4.78, 5) is 1.76. The second-order valence-corrected chi connectivity index (χ2v) is 5.07. The van der Waals surface area contributed by atoms with E-state index in [2.05, 4.69) is 5.32 Å². The SMILES string of the molecule is FC(F)[C@H](c1ccc(Cl)cc1Cl)N1CCNCC1. The minimum Gasteiger partial charge on any atom is -0.314 e. The van der Waals surface area contributed by atoms with Crippen LogP contribution in [-0.2, 0) is 0 Å². The van der Waals surface area contributed by atoms with E-state index in [9.17, 15) is 8.78 Å². The number of benzene rings is 1. The molecule has 2 nitrogen and oxygen atoms in total. The van der Waals surface area contributed by atoms with Crippen LogP contribution in [0.2, 0.25) is 10.0 Å². The number of hydrogen-bond donors (Lipinski definition) is 1. The van der Waals surface area contributed by atoms with Gasteiger partial charge in [-0.1, -0.05) is 29.3 Å². The fourth-order valence-corrected chi connectivity index (χ4v) is 2.71. The van der Waals surface area contributed by atoms with Crippen molar-refractivity contribution in [1.29, 1.82) is 0 Å². The molecule has 18 heavy (non-hydrogen) atoms. The summed E-state index contributed by atoms with van der Waals surface area (Å²) in [6, 6.07) is 3.73. The van der Waals surface area contributed by atoms with Crippen molar-refractivity contribution in [2.75, 3.05) is 26.2 Å². The highest BCUT2D eigenvalue weighted by atomic mass is 35.5. The molecule has 0 aromatic heterocycles. The Morgan fingerprint density at radius 1 is 1.17 bits per heavy atom. The smallest absolute Gasteiger partial charge is 0.258 e. The molecule has 6 heteroatoms. The van der Waals surface area contributed by atoms with Gasteiger partial charge in [0.2, 0.25) is 0 Å². The number of alkyl halides is 2. The maximum Gasteiger partial charge on any atom is 0.258 e. The number of rotatable bonds is 3. The van der Waals surface area contributed by atoms with Gasteiger partial charge in [-0.05, 0) is 17.7 Å². The Hall–Kier alpha value is -0.420. The van der Waals surface area contributed by atoms with E-state index < -0.39 is 12.5 Å². The number of hydrogen-bond acceptors (Lipinski definition) is 2. The topological polar surface area (TPSA) is 15.3 Å². The molecule has 1 aromatic carbocycles. The molecular weight excluding hydrogens is 281 g/mol. The molecule has 1 fully saturated rings. The third kappa shape index (κ3) is 3.12. The van der Waals surface area contributed by atoms with Crippen LogP contribution in [0, 0.1) is 0 Å². The fourth-order valence-electron chi connectivity index (χ4n) is 2.19. The van der Waals surface area contributed by atoms with Crippen molar-refractivity contribution < 1.29 is 8.78 Å². The van der Waals surface area contributed by atoms with E-state index in [1.807, 2.05) is 0 Å². The first kappa shape index (κ1) is 14.0. The summed E-state index contributed by atoms with van der Waals surface area (Å²) in [5.41, 5.74) is 0.443. The molecule has 1 aromatic rings. The third-order valence-corrected chi connectivity index (χ3v) is 3.63. The molecule has 0 spiro atoms. The molecule has 100 valence electrons. The fraction of sp³-hybridized carbons (Fsp3) is 0.500. The molecule has 1 aliphatic rings. The number of nitrogens with zero attached hydrogens (tertiary/aromatic N) is 1. The first-order chi connectivity index (χ1) is 8.59. The van der Waals surface area contributed by atoms with Crippen LogP contribution in [0.25, 0.3) is 0 Å². The first-order valence-electron chi connectivity index (χ1n) is 5.77. The summed E-state index contributed by atoms with van der Waals surface area (Å²) in [5, 5.41) is 3.90. The van der Waals surface area contributed by atoms with Crippen LogP contribution < -0.4 is 5.32 Å². The zero-order chi connectivity index (χ0) is 13.1. The molecule has 2 rings (SSSR count). The molecule has 1 N–H and O–H groups in total. The van der Waals surface area contributed by atoms with Crippen LogP contribution in [0.15, 0.2) is 18.2 Å². The van der Waals surface area contributed by atoms with Crippen LogP contribution in [0.1, 0.15) is 11.6 Å². The van der Waals surface area contributed by atoms with Crippen molar-refractivity contribution in [3.63, 3.8) is 0 Å². The number of halogens is 4. The molecule has 0 unspecified atom stereocenters. The molecule has 0 amide bonds. The average Bonchev–Trinajstić information content (AvgIpc) is 2.33. The minimum atomic E-state index is -2.47. The van der Waals surface area contributed by atoms with Gasteiger partial charge >= 0.3 is 0 Å². The van der Waals surface area contributed by atoms with Crippen molar-refractivity contribution in [3.05, 3.63) is 33.8 Å². The van der Waals surface area contributed by atoms with Crippen molar-refractivity contribution in [1.82, 2.24) is 10.2 Å². The normalized spacial score (nSPS) is 19.2. The lowest BCUT2D eigenvalue weighted by Crippen LogP contribution is -2.47. The largest absolute Gasteiger partial charge is 0.314 e. The zero-order valence-electron chi connectivity index (χ0n) is 9.67. The van der Waals surface area contributed by atoms with Crippen molar-refractivity contribution in [2.45, 2.75) is 12.5 Å². The summed E-state index contributed by atoms with van der Waals surface area (Å²) in [6.07, 6.45) is -2.47. The van der Waals surface area contributed by atoms with E-state index in [1.165, 1.54) is 6.07 Å². The van der Waals surface area contributed by atoms with Gasteiger partial charge in [0.1, 0.15) is 0 Å². The van der Waals surface area contributed by atoms with Gasteiger partial charge in [-0.15, -0.1) is 0 Å². The first-order valence-corrected chi connectivity index (χ1v) is 6.53. The third-order valence-electron chi connectivity index (χ3n) is 3.06. The Labute approximate surface area is 115 Å². The van der Waals surface area contributed by atoms with E-state index in [4.69, 9.17) is 23.2 Å². The maximum absolute atomic E-state index is 13.3. The van der Waals surface area contributed by atoms with Gasteiger partial charge in [-0.3, -0.25) is 4.90 Å². The van der Waals surface area contributed by atoms with E-state index >= 15 is 0 Å². The van der Waals surface area contributed by atoms with Crippen molar-refractivity contribution in [3.8, 4) is 0 Å². The lowest BCUT2D eigenvalue weighted by atomic mass is 10.0. The highest BCUT2D eigenvalue weighted by Crippen LogP contribution is 2.34. The van der Waals surface area contributed by atoms with Crippen LogP contribution in [-0.4, -0.2) is 37.5 Å². The quantitative estimate of drug-likeness (QED) is 0.921. The Balaban J connectivity index is 2.28. The monoisotopic (exact) mass is 294 g/mol. The maximum atomic E-state index is 13.3.